The number of urea groups is 1. The minimum absolute atomic E-state index is 0.0861. The highest BCUT2D eigenvalue weighted by Crippen LogP contribution is 2.37. The van der Waals surface area contributed by atoms with Crippen LogP contribution in [0.25, 0.3) is 0 Å². The van der Waals surface area contributed by atoms with Gasteiger partial charge in [0.2, 0.25) is 0 Å². The first kappa shape index (κ1) is 18.5. The Hall–Kier alpha value is -1.88. The Labute approximate surface area is 162 Å². The third-order valence-corrected chi connectivity index (χ3v) is 6.82. The third kappa shape index (κ3) is 3.62. The van der Waals surface area contributed by atoms with Crippen LogP contribution in [0.1, 0.15) is 57.4 Å². The van der Waals surface area contributed by atoms with E-state index >= 15 is 0 Å². The molecule has 2 fully saturated rings. The van der Waals surface area contributed by atoms with Crippen LogP contribution in [0.15, 0.2) is 35.3 Å². The summed E-state index contributed by atoms with van der Waals surface area (Å²) in [5, 5.41) is 3.69. The summed E-state index contributed by atoms with van der Waals surface area (Å²) in [6.45, 7) is 4.25. The van der Waals surface area contributed by atoms with Gasteiger partial charge in [0.1, 0.15) is 11.4 Å². The van der Waals surface area contributed by atoms with E-state index in [0.29, 0.717) is 12.1 Å². The van der Waals surface area contributed by atoms with Crippen molar-refractivity contribution in [2.75, 3.05) is 13.6 Å². The highest BCUT2D eigenvalue weighted by atomic mass is 16.2. The summed E-state index contributed by atoms with van der Waals surface area (Å²) in [5.41, 5.74) is 1.10. The molecule has 1 N–H and O–H groups in total. The van der Waals surface area contributed by atoms with Crippen molar-refractivity contribution in [1.82, 2.24) is 15.1 Å². The van der Waals surface area contributed by atoms with E-state index in [-0.39, 0.29) is 11.6 Å². The molecule has 27 heavy (non-hydrogen) atoms. The number of amidine groups is 1. The van der Waals surface area contributed by atoms with Crippen LogP contribution in [0.3, 0.4) is 0 Å². The number of hydrogen-bond acceptors (Lipinski definition) is 3. The van der Waals surface area contributed by atoms with Crippen molar-refractivity contribution >= 4 is 11.9 Å². The first-order chi connectivity index (χ1) is 13.1. The number of amides is 2. The molecular formula is C22H32N4O. The zero-order valence-electron chi connectivity index (χ0n) is 16.7. The van der Waals surface area contributed by atoms with Gasteiger partial charge in [-0.05, 0) is 38.2 Å². The van der Waals surface area contributed by atoms with Gasteiger partial charge in [0, 0.05) is 32.2 Å². The van der Waals surface area contributed by atoms with Crippen LogP contribution in [-0.2, 0) is 6.54 Å². The molecule has 5 nitrogen and oxygen atoms in total. The lowest BCUT2D eigenvalue weighted by Crippen LogP contribution is -2.62. The number of hydrogen-bond donors (Lipinski definition) is 1. The van der Waals surface area contributed by atoms with Crippen molar-refractivity contribution in [3.05, 3.63) is 35.9 Å². The Kier molecular flexibility index (Phi) is 5.22. The van der Waals surface area contributed by atoms with E-state index in [0.717, 1.165) is 31.8 Å². The Morgan fingerprint density at radius 2 is 1.93 bits per heavy atom. The van der Waals surface area contributed by atoms with Crippen LogP contribution >= 0.6 is 0 Å². The van der Waals surface area contributed by atoms with Crippen LogP contribution in [0, 0.1) is 0 Å². The van der Waals surface area contributed by atoms with Crippen LogP contribution in [-0.4, -0.2) is 52.9 Å². The van der Waals surface area contributed by atoms with Gasteiger partial charge in [0.25, 0.3) is 0 Å². The maximum Gasteiger partial charge on any atom is 0.345 e. The molecule has 1 aliphatic carbocycles. The van der Waals surface area contributed by atoms with Crippen LogP contribution in [0.5, 0.6) is 0 Å². The molecular weight excluding hydrogens is 336 g/mol. The largest absolute Gasteiger partial charge is 0.369 e. The number of nitrogens with one attached hydrogen (secondary N) is 1. The van der Waals surface area contributed by atoms with Gasteiger partial charge in [-0.1, -0.05) is 49.6 Å². The Morgan fingerprint density at radius 1 is 1.19 bits per heavy atom. The van der Waals surface area contributed by atoms with Gasteiger partial charge in [-0.15, -0.1) is 0 Å². The molecule has 1 spiro atoms. The van der Waals surface area contributed by atoms with Gasteiger partial charge >= 0.3 is 6.03 Å². The average molecular weight is 369 g/mol. The predicted octanol–water partition coefficient (Wildman–Crippen LogP) is 3.80. The molecule has 146 valence electrons. The molecule has 2 heterocycles. The van der Waals surface area contributed by atoms with E-state index in [2.05, 4.69) is 52.5 Å². The van der Waals surface area contributed by atoms with Crippen LogP contribution in [0.2, 0.25) is 0 Å². The monoisotopic (exact) mass is 368 g/mol. The van der Waals surface area contributed by atoms with Gasteiger partial charge in [0.15, 0.2) is 0 Å². The molecule has 5 heteroatoms. The van der Waals surface area contributed by atoms with Gasteiger partial charge in [0.05, 0.1) is 0 Å². The maximum atomic E-state index is 12.5. The maximum absolute atomic E-state index is 12.5. The van der Waals surface area contributed by atoms with Crippen molar-refractivity contribution in [1.29, 1.82) is 0 Å². The SMILES string of the molecule is CC1CC2(CCN1Cc1ccccc1)C(NC1CCCCC1)=NC(=O)N2C. The van der Waals surface area contributed by atoms with Crippen LogP contribution < -0.4 is 5.32 Å². The number of likely N-dealkylation sites (N-methyl/N-ethyl adjacent to an activating group) is 1. The summed E-state index contributed by atoms with van der Waals surface area (Å²) in [5.74, 6) is 0.938. The summed E-state index contributed by atoms with van der Waals surface area (Å²) in [4.78, 5) is 21.4. The summed E-state index contributed by atoms with van der Waals surface area (Å²) < 4.78 is 0. The number of benzene rings is 1. The topological polar surface area (TPSA) is 47.9 Å². The van der Waals surface area contributed by atoms with Crippen molar-refractivity contribution in [2.45, 2.75) is 76.0 Å². The minimum Gasteiger partial charge on any atom is -0.369 e. The second kappa shape index (κ2) is 7.63. The number of nitrogens with zero attached hydrogens (tertiary/aromatic N) is 3. The molecule has 0 aromatic heterocycles. The zero-order chi connectivity index (χ0) is 18.9. The van der Waals surface area contributed by atoms with E-state index in [1.54, 1.807) is 0 Å². The Balaban J connectivity index is 1.48. The van der Waals surface area contributed by atoms with E-state index in [1.807, 2.05) is 11.9 Å². The smallest absolute Gasteiger partial charge is 0.345 e. The van der Waals surface area contributed by atoms with E-state index in [9.17, 15) is 4.79 Å². The first-order valence-electron chi connectivity index (χ1n) is 10.5. The van der Waals surface area contributed by atoms with Crippen LogP contribution in [0.4, 0.5) is 4.79 Å². The highest BCUT2D eigenvalue weighted by molar-refractivity contribution is 6.06. The molecule has 3 aliphatic rings. The highest BCUT2D eigenvalue weighted by Gasteiger charge is 2.51. The molecule has 1 aromatic rings. The quantitative estimate of drug-likeness (QED) is 0.883. The molecule has 2 amide bonds. The summed E-state index contributed by atoms with van der Waals surface area (Å²) in [7, 11) is 1.93. The van der Waals surface area contributed by atoms with Crippen molar-refractivity contribution in [3.63, 3.8) is 0 Å². The second-order valence-corrected chi connectivity index (χ2v) is 8.57. The fraction of sp³-hybridized carbons (Fsp3) is 0.636. The summed E-state index contributed by atoms with van der Waals surface area (Å²) in [6, 6.07) is 11.5. The number of likely N-dealkylation sites (tertiary alicyclic amines) is 1. The normalized spacial score (nSPS) is 30.0. The van der Waals surface area contributed by atoms with Crippen molar-refractivity contribution in [3.8, 4) is 0 Å². The van der Waals surface area contributed by atoms with E-state index in [1.165, 1.54) is 37.7 Å². The van der Waals surface area contributed by atoms with Gasteiger partial charge in [-0.3, -0.25) is 4.90 Å². The minimum atomic E-state index is -0.249. The second-order valence-electron chi connectivity index (χ2n) is 8.57. The lowest BCUT2D eigenvalue weighted by molar-refractivity contribution is 0.0696. The van der Waals surface area contributed by atoms with Gasteiger partial charge in [-0.25, -0.2) is 4.79 Å². The molecule has 1 aromatic carbocycles. The first-order valence-corrected chi connectivity index (χ1v) is 10.5. The fourth-order valence-electron chi connectivity index (χ4n) is 5.06. The molecule has 0 radical (unpaired) electrons. The Bertz CT molecular complexity index is 698. The molecule has 0 bridgehead atoms. The van der Waals surface area contributed by atoms with E-state index in [4.69, 9.17) is 0 Å². The molecule has 2 atom stereocenters. The standard InChI is InChI=1S/C22H32N4O/c1-17-15-22(13-14-26(17)16-18-9-5-3-6-10-18)20(24-21(27)25(22)2)23-19-11-7-4-8-12-19/h3,5-6,9-10,17,19H,4,7-8,11-16H2,1-2H3,(H,23,24,27). The number of aliphatic imine (C=N–C) groups is 1. The molecule has 1 saturated heterocycles. The van der Waals surface area contributed by atoms with Gasteiger partial charge in [-0.2, -0.15) is 4.99 Å². The number of carbonyl (C=O) groups excluding carboxylic acids is 1. The average Bonchev–Trinajstić information content (AvgIpc) is 2.90. The van der Waals surface area contributed by atoms with E-state index < -0.39 is 0 Å². The molecule has 2 aliphatic heterocycles. The number of piperidine rings is 1. The zero-order valence-corrected chi connectivity index (χ0v) is 16.7. The summed E-state index contributed by atoms with van der Waals surface area (Å²) in [6.07, 6.45) is 8.18. The molecule has 4 rings (SSSR count). The predicted molar refractivity (Wildman–Crippen MR) is 109 cm³/mol. The third-order valence-electron chi connectivity index (χ3n) is 6.82. The van der Waals surface area contributed by atoms with Crippen molar-refractivity contribution < 1.29 is 4.79 Å². The van der Waals surface area contributed by atoms with Crippen molar-refractivity contribution in [2.24, 2.45) is 4.99 Å². The molecule has 1 saturated carbocycles. The fourth-order valence-corrected chi connectivity index (χ4v) is 5.06. The van der Waals surface area contributed by atoms with Gasteiger partial charge < -0.3 is 10.2 Å². The Morgan fingerprint density at radius 3 is 2.63 bits per heavy atom. The number of rotatable bonds is 3. The summed E-state index contributed by atoms with van der Waals surface area (Å²) >= 11 is 0. The lowest BCUT2D eigenvalue weighted by Gasteiger charge is -2.47. The number of carbonyl (C=O) groups is 1. The lowest BCUT2D eigenvalue weighted by atomic mass is 9.81. The molecule has 2 unspecified atom stereocenters.